The van der Waals surface area contributed by atoms with Gasteiger partial charge in [-0.15, -0.1) is 0 Å². The number of nitrogens with one attached hydrogen (secondary N) is 1. The Labute approximate surface area is 111 Å². The number of halogens is 2. The van der Waals surface area contributed by atoms with Crippen molar-refractivity contribution >= 4 is 22.5 Å². The number of hydrogen-bond acceptors (Lipinski definition) is 4. The highest BCUT2D eigenvalue weighted by Crippen LogP contribution is 2.25. The van der Waals surface area contributed by atoms with Gasteiger partial charge in [0.2, 0.25) is 0 Å². The van der Waals surface area contributed by atoms with Crippen molar-refractivity contribution in [2.75, 3.05) is 5.32 Å². The topological polar surface area (TPSA) is 62.2 Å². The molecule has 2 aromatic rings. The molecule has 0 radical (unpaired) electrons. The lowest BCUT2D eigenvalue weighted by Gasteiger charge is -2.05. The normalized spacial score (nSPS) is 10.5. The fourth-order valence-electron chi connectivity index (χ4n) is 1.57. The summed E-state index contributed by atoms with van der Waals surface area (Å²) >= 11 is 1.02. The largest absolute Gasteiger partial charge is 0.478 e. The highest BCUT2D eigenvalue weighted by atomic mass is 32.1. The van der Waals surface area contributed by atoms with Gasteiger partial charge in [0.05, 0.1) is 5.69 Å². The van der Waals surface area contributed by atoms with E-state index in [1.165, 1.54) is 6.07 Å². The van der Waals surface area contributed by atoms with Gasteiger partial charge in [-0.1, -0.05) is 6.07 Å². The van der Waals surface area contributed by atoms with Crippen molar-refractivity contribution in [2.45, 2.75) is 13.5 Å². The maximum Gasteiger partial charge on any atom is 0.340 e. The molecule has 0 saturated heterocycles. The van der Waals surface area contributed by atoms with E-state index < -0.39 is 17.6 Å². The van der Waals surface area contributed by atoms with Crippen LogP contribution in [0.3, 0.4) is 0 Å². The van der Waals surface area contributed by atoms with Gasteiger partial charge in [0, 0.05) is 6.54 Å². The van der Waals surface area contributed by atoms with Crippen LogP contribution in [0.2, 0.25) is 0 Å². The number of carboxylic acids is 1. The molecule has 100 valence electrons. The molecule has 4 nitrogen and oxygen atoms in total. The molecule has 1 heterocycles. The Morgan fingerprint density at radius 1 is 1.42 bits per heavy atom. The molecule has 2 N–H and O–H groups in total. The van der Waals surface area contributed by atoms with E-state index in [2.05, 4.69) is 9.69 Å². The molecular weight excluding hydrogens is 274 g/mol. The van der Waals surface area contributed by atoms with E-state index in [4.69, 9.17) is 5.11 Å². The van der Waals surface area contributed by atoms with Gasteiger partial charge in [-0.05, 0) is 36.2 Å². The fraction of sp³-hybridized carbons (Fsp3) is 0.167. The number of benzene rings is 1. The van der Waals surface area contributed by atoms with Crippen LogP contribution in [0.15, 0.2) is 18.2 Å². The molecule has 0 spiro atoms. The predicted molar refractivity (Wildman–Crippen MR) is 67.5 cm³/mol. The zero-order chi connectivity index (χ0) is 14.0. The van der Waals surface area contributed by atoms with Crippen LogP contribution in [0.5, 0.6) is 0 Å². The van der Waals surface area contributed by atoms with Gasteiger partial charge in [0.1, 0.15) is 10.6 Å². The second-order valence-corrected chi connectivity index (χ2v) is 4.65. The molecule has 0 aliphatic carbocycles. The van der Waals surface area contributed by atoms with Gasteiger partial charge in [-0.2, -0.15) is 4.37 Å². The molecule has 0 aliphatic rings. The van der Waals surface area contributed by atoms with Gasteiger partial charge in [0.15, 0.2) is 11.6 Å². The molecule has 0 saturated carbocycles. The summed E-state index contributed by atoms with van der Waals surface area (Å²) in [6.45, 7) is 1.79. The minimum Gasteiger partial charge on any atom is -0.478 e. The Morgan fingerprint density at radius 3 is 2.79 bits per heavy atom. The van der Waals surface area contributed by atoms with Crippen molar-refractivity contribution in [2.24, 2.45) is 0 Å². The van der Waals surface area contributed by atoms with E-state index in [-0.39, 0.29) is 12.1 Å². The van der Waals surface area contributed by atoms with Gasteiger partial charge in [-0.3, -0.25) is 0 Å². The number of aromatic carboxylic acids is 1. The third kappa shape index (κ3) is 2.87. The highest BCUT2D eigenvalue weighted by molar-refractivity contribution is 7.10. The van der Waals surface area contributed by atoms with E-state index in [0.717, 1.165) is 23.7 Å². The number of carboxylic acid groups (broad SMARTS) is 1. The third-order valence-electron chi connectivity index (χ3n) is 2.51. The number of carbonyl (C=O) groups is 1. The summed E-state index contributed by atoms with van der Waals surface area (Å²) in [5.74, 6) is -2.92. The number of rotatable bonds is 4. The summed E-state index contributed by atoms with van der Waals surface area (Å²) in [5, 5.41) is 12.3. The minimum atomic E-state index is -1.07. The van der Waals surface area contributed by atoms with Crippen molar-refractivity contribution < 1.29 is 18.7 Å². The summed E-state index contributed by atoms with van der Waals surface area (Å²) in [7, 11) is 0. The highest BCUT2D eigenvalue weighted by Gasteiger charge is 2.17. The van der Waals surface area contributed by atoms with Crippen LogP contribution in [0.4, 0.5) is 13.8 Å². The summed E-state index contributed by atoms with van der Waals surface area (Å²) in [6, 6.07) is 3.53. The molecule has 1 aromatic heterocycles. The van der Waals surface area contributed by atoms with E-state index in [0.29, 0.717) is 16.3 Å². The first-order valence-corrected chi connectivity index (χ1v) is 6.13. The number of nitrogens with zero attached hydrogens (tertiary/aromatic N) is 1. The van der Waals surface area contributed by atoms with E-state index in [9.17, 15) is 13.6 Å². The second-order valence-electron chi connectivity index (χ2n) is 3.88. The van der Waals surface area contributed by atoms with Crippen LogP contribution >= 0.6 is 11.5 Å². The van der Waals surface area contributed by atoms with Gasteiger partial charge in [-0.25, -0.2) is 13.6 Å². The molecule has 0 amide bonds. The van der Waals surface area contributed by atoms with Crippen molar-refractivity contribution in [1.29, 1.82) is 0 Å². The van der Waals surface area contributed by atoms with Crippen LogP contribution in [0.25, 0.3) is 0 Å². The number of anilines is 1. The average Bonchev–Trinajstić information content (AvgIpc) is 2.72. The first-order chi connectivity index (χ1) is 8.99. The van der Waals surface area contributed by atoms with Crippen molar-refractivity contribution in [1.82, 2.24) is 4.37 Å². The summed E-state index contributed by atoms with van der Waals surface area (Å²) in [4.78, 5) is 11.0. The maximum atomic E-state index is 13.0. The Kier molecular flexibility index (Phi) is 3.75. The molecule has 0 atom stereocenters. The summed E-state index contributed by atoms with van der Waals surface area (Å²) < 4.78 is 29.7. The Hall–Kier alpha value is -2.02. The summed E-state index contributed by atoms with van der Waals surface area (Å²) in [6.07, 6.45) is 0. The van der Waals surface area contributed by atoms with E-state index in [1.54, 1.807) is 6.92 Å². The van der Waals surface area contributed by atoms with Crippen molar-refractivity contribution in [3.05, 3.63) is 46.7 Å². The Balaban J connectivity index is 2.14. The monoisotopic (exact) mass is 284 g/mol. The summed E-state index contributed by atoms with van der Waals surface area (Å²) in [5.41, 5.74) is 1.04. The molecular formula is C12H10F2N2O2S. The molecule has 0 aliphatic heterocycles. The molecule has 7 heteroatoms. The van der Waals surface area contributed by atoms with Crippen LogP contribution in [0.1, 0.15) is 21.6 Å². The predicted octanol–water partition coefficient (Wildman–Crippen LogP) is 3.04. The first kappa shape index (κ1) is 13.4. The molecule has 0 unspecified atom stereocenters. The molecule has 1 aromatic carbocycles. The smallest absolute Gasteiger partial charge is 0.340 e. The molecule has 0 bridgehead atoms. The minimum absolute atomic E-state index is 0.104. The van der Waals surface area contributed by atoms with Crippen molar-refractivity contribution in [3.63, 3.8) is 0 Å². The lowest BCUT2D eigenvalue weighted by Crippen LogP contribution is -2.05. The van der Waals surface area contributed by atoms with Gasteiger partial charge in [0.25, 0.3) is 0 Å². The number of aryl methyl sites for hydroxylation is 1. The van der Waals surface area contributed by atoms with Crippen LogP contribution in [0, 0.1) is 18.6 Å². The van der Waals surface area contributed by atoms with Crippen LogP contribution in [-0.4, -0.2) is 15.4 Å². The fourth-order valence-corrected chi connectivity index (χ4v) is 2.36. The molecule has 2 rings (SSSR count). The zero-order valence-corrected chi connectivity index (χ0v) is 10.7. The average molecular weight is 284 g/mol. The second kappa shape index (κ2) is 5.31. The lowest BCUT2D eigenvalue weighted by atomic mass is 10.2. The zero-order valence-electron chi connectivity index (χ0n) is 9.91. The standard InChI is InChI=1S/C12H10F2N2O2S/c1-6-10(12(17)18)11(19-16-6)15-5-7-2-3-8(13)9(14)4-7/h2-4,15H,5H2,1H3,(H,17,18). The molecule has 0 fully saturated rings. The number of aromatic nitrogens is 1. The lowest BCUT2D eigenvalue weighted by molar-refractivity contribution is 0.0697. The quantitative estimate of drug-likeness (QED) is 0.906. The van der Waals surface area contributed by atoms with E-state index in [1.807, 2.05) is 0 Å². The Morgan fingerprint density at radius 2 is 2.16 bits per heavy atom. The van der Waals surface area contributed by atoms with Gasteiger partial charge >= 0.3 is 5.97 Å². The van der Waals surface area contributed by atoms with Gasteiger partial charge < -0.3 is 10.4 Å². The van der Waals surface area contributed by atoms with E-state index >= 15 is 0 Å². The maximum absolute atomic E-state index is 13.0. The molecule has 19 heavy (non-hydrogen) atoms. The van der Waals surface area contributed by atoms with Crippen LogP contribution < -0.4 is 5.32 Å². The Bertz CT molecular complexity index is 628. The van der Waals surface area contributed by atoms with Crippen molar-refractivity contribution in [3.8, 4) is 0 Å². The number of hydrogen-bond donors (Lipinski definition) is 2. The SMILES string of the molecule is Cc1nsc(NCc2ccc(F)c(F)c2)c1C(=O)O. The van der Waals surface area contributed by atoms with Crippen LogP contribution in [-0.2, 0) is 6.54 Å². The first-order valence-electron chi connectivity index (χ1n) is 5.36. The third-order valence-corrected chi connectivity index (χ3v) is 3.41.